The minimum atomic E-state index is -0.166. The first-order valence-electron chi connectivity index (χ1n) is 7.11. The summed E-state index contributed by atoms with van der Waals surface area (Å²) in [6, 6.07) is 11.4. The molecule has 0 fully saturated rings. The van der Waals surface area contributed by atoms with Gasteiger partial charge in [-0.05, 0) is 41.5 Å². The molecule has 0 radical (unpaired) electrons. The van der Waals surface area contributed by atoms with Gasteiger partial charge in [-0.3, -0.25) is 4.79 Å². The van der Waals surface area contributed by atoms with Crippen molar-refractivity contribution in [1.29, 1.82) is 0 Å². The Morgan fingerprint density at radius 3 is 2.86 bits per heavy atom. The van der Waals surface area contributed by atoms with E-state index in [1.165, 1.54) is 11.1 Å². The minimum Gasteiger partial charge on any atom is -0.361 e. The number of aromatic nitrogens is 1. The number of nitrogens with one attached hydrogen (secondary N) is 3. The number of halogens is 1. The highest BCUT2D eigenvalue weighted by atomic mass is 35.5. The van der Waals surface area contributed by atoms with Gasteiger partial charge in [-0.15, -0.1) is 0 Å². The molecule has 2 heterocycles. The van der Waals surface area contributed by atoms with E-state index in [9.17, 15) is 4.79 Å². The molecule has 1 aliphatic rings. The van der Waals surface area contributed by atoms with Gasteiger partial charge in [0.05, 0.1) is 11.1 Å². The number of carbonyl (C=O) groups is 1. The first-order chi connectivity index (χ1) is 10.7. The zero-order chi connectivity index (χ0) is 15.1. The Morgan fingerprint density at radius 2 is 1.95 bits per heavy atom. The van der Waals surface area contributed by atoms with Gasteiger partial charge in [0, 0.05) is 35.4 Å². The number of amides is 1. The number of carbonyl (C=O) groups excluding carboxylic acids is 1. The van der Waals surface area contributed by atoms with E-state index < -0.39 is 0 Å². The molecule has 0 unspecified atom stereocenters. The lowest BCUT2D eigenvalue weighted by Crippen LogP contribution is -2.12. The number of hydrogen-bond acceptors (Lipinski definition) is 2. The largest absolute Gasteiger partial charge is 0.361 e. The Bertz CT molecular complexity index is 885. The third kappa shape index (κ3) is 2.26. The quantitative estimate of drug-likeness (QED) is 0.676. The zero-order valence-corrected chi connectivity index (χ0v) is 12.5. The zero-order valence-electron chi connectivity index (χ0n) is 11.7. The number of benzene rings is 2. The topological polar surface area (TPSA) is 56.9 Å². The van der Waals surface area contributed by atoms with Crippen LogP contribution in [0.2, 0.25) is 5.02 Å². The lowest BCUT2D eigenvalue weighted by Gasteiger charge is -2.08. The van der Waals surface area contributed by atoms with E-state index in [1.54, 1.807) is 12.3 Å². The highest BCUT2D eigenvalue weighted by molar-refractivity contribution is 6.32. The SMILES string of the molecule is O=C(Nc1ccc2c(c1)CNC2)c1cc(Cl)cc2cc[nH]c12. The maximum atomic E-state index is 12.6. The molecule has 1 aliphatic heterocycles. The molecule has 110 valence electrons. The average molecular weight is 312 g/mol. The number of H-pyrrole nitrogens is 1. The molecule has 0 bridgehead atoms. The monoisotopic (exact) mass is 311 g/mol. The van der Waals surface area contributed by atoms with E-state index in [-0.39, 0.29) is 5.91 Å². The average Bonchev–Trinajstić information content (AvgIpc) is 3.13. The summed E-state index contributed by atoms with van der Waals surface area (Å²) >= 11 is 6.10. The minimum absolute atomic E-state index is 0.166. The molecule has 3 N–H and O–H groups in total. The summed E-state index contributed by atoms with van der Waals surface area (Å²) in [4.78, 5) is 15.7. The van der Waals surface area contributed by atoms with Crippen molar-refractivity contribution < 1.29 is 4.79 Å². The van der Waals surface area contributed by atoms with Crippen LogP contribution in [0.25, 0.3) is 10.9 Å². The summed E-state index contributed by atoms with van der Waals surface area (Å²) in [5.74, 6) is -0.166. The summed E-state index contributed by atoms with van der Waals surface area (Å²) in [5.41, 5.74) is 4.66. The number of fused-ring (bicyclic) bond motifs is 2. The van der Waals surface area contributed by atoms with Gasteiger partial charge in [0.15, 0.2) is 0 Å². The van der Waals surface area contributed by atoms with Crippen molar-refractivity contribution in [1.82, 2.24) is 10.3 Å². The fraction of sp³-hybridized carbons (Fsp3) is 0.118. The van der Waals surface area contributed by atoms with Gasteiger partial charge in [-0.25, -0.2) is 0 Å². The van der Waals surface area contributed by atoms with Crippen LogP contribution in [0.5, 0.6) is 0 Å². The smallest absolute Gasteiger partial charge is 0.257 e. The molecule has 3 aromatic rings. The van der Waals surface area contributed by atoms with Gasteiger partial charge in [-0.2, -0.15) is 0 Å². The van der Waals surface area contributed by atoms with Crippen molar-refractivity contribution >= 4 is 34.1 Å². The van der Waals surface area contributed by atoms with Crippen LogP contribution in [0.1, 0.15) is 21.5 Å². The Kier molecular flexibility index (Phi) is 3.13. The van der Waals surface area contributed by atoms with Crippen LogP contribution in [0.4, 0.5) is 5.69 Å². The fourth-order valence-corrected chi connectivity index (χ4v) is 3.11. The summed E-state index contributed by atoms with van der Waals surface area (Å²) in [7, 11) is 0. The molecule has 2 aromatic carbocycles. The molecule has 22 heavy (non-hydrogen) atoms. The van der Waals surface area contributed by atoms with Crippen LogP contribution in [0, 0.1) is 0 Å². The van der Waals surface area contributed by atoms with Crippen molar-refractivity contribution in [2.75, 3.05) is 5.32 Å². The molecule has 5 heteroatoms. The molecular formula is C17H14ClN3O. The van der Waals surface area contributed by atoms with Crippen LogP contribution in [-0.2, 0) is 13.1 Å². The van der Waals surface area contributed by atoms with E-state index >= 15 is 0 Å². The normalized spacial score (nSPS) is 13.3. The van der Waals surface area contributed by atoms with Gasteiger partial charge in [-0.1, -0.05) is 17.7 Å². The first-order valence-corrected chi connectivity index (χ1v) is 7.49. The van der Waals surface area contributed by atoms with Crippen LogP contribution >= 0.6 is 11.6 Å². The molecule has 0 spiro atoms. The maximum absolute atomic E-state index is 12.6. The second kappa shape index (κ2) is 5.16. The standard InChI is InChI=1S/C17H14ClN3O/c18-13-5-10-3-4-20-16(10)15(7-13)17(22)21-14-2-1-11-8-19-9-12(11)6-14/h1-7,19-20H,8-9H2,(H,21,22). The second-order valence-electron chi connectivity index (χ2n) is 5.44. The predicted octanol–water partition coefficient (Wildman–Crippen LogP) is 3.68. The number of rotatable bonds is 2. The number of anilines is 1. The van der Waals surface area contributed by atoms with Crippen molar-refractivity contribution in [3.63, 3.8) is 0 Å². The molecular weight excluding hydrogens is 298 g/mol. The van der Waals surface area contributed by atoms with Crippen molar-refractivity contribution in [3.8, 4) is 0 Å². The molecule has 4 rings (SSSR count). The summed E-state index contributed by atoms with van der Waals surface area (Å²) in [6.45, 7) is 1.73. The van der Waals surface area contributed by atoms with Crippen molar-refractivity contribution in [2.24, 2.45) is 0 Å². The van der Waals surface area contributed by atoms with E-state index in [0.717, 1.165) is 29.7 Å². The summed E-state index contributed by atoms with van der Waals surface area (Å²) < 4.78 is 0. The second-order valence-corrected chi connectivity index (χ2v) is 5.87. The lowest BCUT2D eigenvalue weighted by atomic mass is 10.1. The number of aromatic amines is 1. The maximum Gasteiger partial charge on any atom is 0.257 e. The van der Waals surface area contributed by atoms with Crippen molar-refractivity contribution in [3.05, 3.63) is 64.3 Å². The summed E-state index contributed by atoms with van der Waals surface area (Å²) in [6.07, 6.45) is 1.80. The Balaban J connectivity index is 1.68. The van der Waals surface area contributed by atoms with Gasteiger partial charge in [0.25, 0.3) is 5.91 Å². The van der Waals surface area contributed by atoms with E-state index in [0.29, 0.717) is 10.6 Å². The molecule has 1 amide bonds. The Morgan fingerprint density at radius 1 is 1.09 bits per heavy atom. The van der Waals surface area contributed by atoms with Gasteiger partial charge < -0.3 is 15.6 Å². The van der Waals surface area contributed by atoms with Crippen LogP contribution in [0.3, 0.4) is 0 Å². The Labute approximate surface area is 132 Å². The van der Waals surface area contributed by atoms with Crippen LogP contribution in [0.15, 0.2) is 42.6 Å². The van der Waals surface area contributed by atoms with E-state index in [1.807, 2.05) is 30.3 Å². The molecule has 0 saturated heterocycles. The molecule has 0 atom stereocenters. The molecule has 4 nitrogen and oxygen atoms in total. The first kappa shape index (κ1) is 13.4. The third-order valence-corrected chi connectivity index (χ3v) is 4.18. The lowest BCUT2D eigenvalue weighted by molar-refractivity contribution is 0.102. The van der Waals surface area contributed by atoms with E-state index in [4.69, 9.17) is 11.6 Å². The number of hydrogen-bond donors (Lipinski definition) is 3. The van der Waals surface area contributed by atoms with Gasteiger partial charge in [0.1, 0.15) is 0 Å². The molecule has 1 aromatic heterocycles. The highest BCUT2D eigenvalue weighted by Crippen LogP contribution is 2.25. The fourth-order valence-electron chi connectivity index (χ4n) is 2.89. The highest BCUT2D eigenvalue weighted by Gasteiger charge is 2.15. The van der Waals surface area contributed by atoms with E-state index in [2.05, 4.69) is 15.6 Å². The predicted molar refractivity (Wildman–Crippen MR) is 88.2 cm³/mol. The Hall–Kier alpha value is -2.30. The van der Waals surface area contributed by atoms with Gasteiger partial charge >= 0.3 is 0 Å². The van der Waals surface area contributed by atoms with Crippen LogP contribution < -0.4 is 10.6 Å². The third-order valence-electron chi connectivity index (χ3n) is 3.96. The summed E-state index contributed by atoms with van der Waals surface area (Å²) in [5, 5.41) is 7.72. The van der Waals surface area contributed by atoms with Gasteiger partial charge in [0.2, 0.25) is 0 Å². The molecule has 0 saturated carbocycles. The molecule has 0 aliphatic carbocycles. The van der Waals surface area contributed by atoms with Crippen LogP contribution in [-0.4, -0.2) is 10.9 Å². The van der Waals surface area contributed by atoms with Crippen molar-refractivity contribution in [2.45, 2.75) is 13.1 Å².